The van der Waals surface area contributed by atoms with Gasteiger partial charge in [0.2, 0.25) is 5.91 Å². The normalized spacial score (nSPS) is 19.4. The summed E-state index contributed by atoms with van der Waals surface area (Å²) in [7, 11) is 0. The molecule has 0 aliphatic carbocycles. The van der Waals surface area contributed by atoms with E-state index in [1.165, 1.54) is 18.2 Å². The second kappa shape index (κ2) is 8.06. The van der Waals surface area contributed by atoms with E-state index in [0.29, 0.717) is 25.1 Å². The number of halogens is 1. The zero-order chi connectivity index (χ0) is 16.8. The standard InChI is InChI=1S/C17H22FNO4/c18-14-5-1-4-13(9-14)15(20)10-16(21)19-8-2-3-12(11-19)6-7-17(22)23/h1,4-5,9,12,15,20H,2-3,6-8,10-11H2,(H,22,23)/t12-,15+/m0/s1. The Labute approximate surface area is 134 Å². The molecule has 1 amide bonds. The molecule has 1 heterocycles. The van der Waals surface area contributed by atoms with Crippen LogP contribution in [-0.2, 0) is 9.59 Å². The molecular weight excluding hydrogens is 301 g/mol. The number of nitrogens with zero attached hydrogens (tertiary/aromatic N) is 1. The van der Waals surface area contributed by atoms with Crippen LogP contribution in [0.4, 0.5) is 4.39 Å². The van der Waals surface area contributed by atoms with Crippen LogP contribution in [0, 0.1) is 11.7 Å². The van der Waals surface area contributed by atoms with E-state index in [1.54, 1.807) is 11.0 Å². The van der Waals surface area contributed by atoms with Crippen molar-refractivity contribution in [1.29, 1.82) is 0 Å². The first-order chi connectivity index (χ1) is 11.0. The fourth-order valence-corrected chi connectivity index (χ4v) is 2.98. The summed E-state index contributed by atoms with van der Waals surface area (Å²) >= 11 is 0. The molecule has 0 bridgehead atoms. The van der Waals surface area contributed by atoms with Crippen molar-refractivity contribution in [1.82, 2.24) is 4.90 Å². The number of hydrogen-bond acceptors (Lipinski definition) is 3. The van der Waals surface area contributed by atoms with Gasteiger partial charge in [0.1, 0.15) is 5.82 Å². The van der Waals surface area contributed by atoms with Crippen LogP contribution in [0.3, 0.4) is 0 Å². The van der Waals surface area contributed by atoms with Gasteiger partial charge in [-0.2, -0.15) is 0 Å². The minimum atomic E-state index is -1.03. The number of aliphatic hydroxyl groups excluding tert-OH is 1. The molecule has 2 rings (SSSR count). The second-order valence-corrected chi connectivity index (χ2v) is 6.06. The summed E-state index contributed by atoms with van der Waals surface area (Å²) < 4.78 is 13.2. The Kier molecular flexibility index (Phi) is 6.10. The summed E-state index contributed by atoms with van der Waals surface area (Å²) in [4.78, 5) is 24.6. The molecule has 126 valence electrons. The van der Waals surface area contributed by atoms with Crippen LogP contribution < -0.4 is 0 Å². The average molecular weight is 323 g/mol. The van der Waals surface area contributed by atoms with Gasteiger partial charge in [-0.3, -0.25) is 9.59 Å². The molecule has 2 N–H and O–H groups in total. The van der Waals surface area contributed by atoms with E-state index in [9.17, 15) is 19.1 Å². The minimum absolute atomic E-state index is 0.0882. The van der Waals surface area contributed by atoms with Crippen LogP contribution in [0.1, 0.15) is 43.8 Å². The number of carboxylic acids is 1. The predicted octanol–water partition coefficient (Wildman–Crippen LogP) is 2.35. The maximum absolute atomic E-state index is 13.2. The van der Waals surface area contributed by atoms with Gasteiger partial charge in [-0.05, 0) is 42.9 Å². The molecule has 0 spiro atoms. The van der Waals surface area contributed by atoms with Gasteiger partial charge < -0.3 is 15.1 Å². The van der Waals surface area contributed by atoms with Crippen molar-refractivity contribution < 1.29 is 24.2 Å². The molecule has 1 aliphatic rings. The summed E-state index contributed by atoms with van der Waals surface area (Å²) in [6.07, 6.45) is 1.31. The number of likely N-dealkylation sites (tertiary alicyclic amines) is 1. The molecule has 1 aromatic rings. The maximum Gasteiger partial charge on any atom is 0.303 e. The highest BCUT2D eigenvalue weighted by Crippen LogP contribution is 2.24. The van der Waals surface area contributed by atoms with Crippen molar-refractivity contribution in [3.63, 3.8) is 0 Å². The van der Waals surface area contributed by atoms with E-state index in [2.05, 4.69) is 0 Å². The van der Waals surface area contributed by atoms with Crippen LogP contribution in [0.5, 0.6) is 0 Å². The van der Waals surface area contributed by atoms with Gasteiger partial charge in [0.05, 0.1) is 12.5 Å². The van der Waals surface area contributed by atoms with Gasteiger partial charge >= 0.3 is 5.97 Å². The lowest BCUT2D eigenvalue weighted by Crippen LogP contribution is -2.40. The van der Waals surface area contributed by atoms with Gasteiger partial charge in [0, 0.05) is 19.5 Å². The van der Waals surface area contributed by atoms with Crippen molar-refractivity contribution in [2.75, 3.05) is 13.1 Å². The van der Waals surface area contributed by atoms with E-state index >= 15 is 0 Å². The first kappa shape index (κ1) is 17.4. The van der Waals surface area contributed by atoms with Crippen molar-refractivity contribution in [2.24, 2.45) is 5.92 Å². The number of benzene rings is 1. The lowest BCUT2D eigenvalue weighted by Gasteiger charge is -2.33. The van der Waals surface area contributed by atoms with Crippen LogP contribution in [0.2, 0.25) is 0 Å². The van der Waals surface area contributed by atoms with Crippen molar-refractivity contribution in [3.05, 3.63) is 35.6 Å². The zero-order valence-electron chi connectivity index (χ0n) is 12.9. The molecule has 0 radical (unpaired) electrons. The van der Waals surface area contributed by atoms with E-state index in [1.807, 2.05) is 0 Å². The van der Waals surface area contributed by atoms with Gasteiger partial charge in [-0.15, -0.1) is 0 Å². The Morgan fingerprint density at radius 2 is 2.17 bits per heavy atom. The lowest BCUT2D eigenvalue weighted by molar-refractivity contribution is -0.137. The molecule has 2 atom stereocenters. The van der Waals surface area contributed by atoms with E-state index in [-0.39, 0.29) is 24.7 Å². The number of aliphatic carboxylic acids is 1. The third-order valence-electron chi connectivity index (χ3n) is 4.24. The third kappa shape index (κ3) is 5.32. The van der Waals surface area contributed by atoms with E-state index in [4.69, 9.17) is 5.11 Å². The Bertz CT molecular complexity index is 563. The highest BCUT2D eigenvalue weighted by atomic mass is 19.1. The number of aliphatic hydroxyl groups is 1. The van der Waals surface area contributed by atoms with Crippen LogP contribution in [-0.4, -0.2) is 40.1 Å². The molecule has 0 saturated carbocycles. The van der Waals surface area contributed by atoms with Crippen molar-refractivity contribution >= 4 is 11.9 Å². The first-order valence-corrected chi connectivity index (χ1v) is 7.89. The highest BCUT2D eigenvalue weighted by Gasteiger charge is 2.25. The number of rotatable bonds is 6. The topological polar surface area (TPSA) is 77.8 Å². The summed E-state index contributed by atoms with van der Waals surface area (Å²) in [5.41, 5.74) is 0.387. The molecule has 1 fully saturated rings. The van der Waals surface area contributed by atoms with Crippen LogP contribution >= 0.6 is 0 Å². The molecule has 0 aromatic heterocycles. The monoisotopic (exact) mass is 323 g/mol. The SMILES string of the molecule is O=C(O)CC[C@@H]1CCCN(C(=O)C[C@@H](O)c2cccc(F)c2)C1. The predicted molar refractivity (Wildman–Crippen MR) is 82.2 cm³/mol. The lowest BCUT2D eigenvalue weighted by atomic mass is 9.93. The fourth-order valence-electron chi connectivity index (χ4n) is 2.98. The molecular formula is C17H22FNO4. The van der Waals surface area contributed by atoms with E-state index < -0.39 is 17.9 Å². The summed E-state index contributed by atoms with van der Waals surface area (Å²) in [6.45, 7) is 1.15. The number of carbonyl (C=O) groups is 2. The highest BCUT2D eigenvalue weighted by molar-refractivity contribution is 5.77. The van der Waals surface area contributed by atoms with Crippen LogP contribution in [0.15, 0.2) is 24.3 Å². The summed E-state index contributed by atoms with van der Waals surface area (Å²) in [5, 5.41) is 18.8. The second-order valence-electron chi connectivity index (χ2n) is 6.06. The molecule has 6 heteroatoms. The molecule has 1 aromatic carbocycles. The largest absolute Gasteiger partial charge is 0.481 e. The van der Waals surface area contributed by atoms with E-state index in [0.717, 1.165) is 12.8 Å². The summed E-state index contributed by atoms with van der Waals surface area (Å²) in [6, 6.07) is 5.60. The molecule has 23 heavy (non-hydrogen) atoms. The summed E-state index contributed by atoms with van der Waals surface area (Å²) in [5.74, 6) is -1.26. The number of hydrogen-bond donors (Lipinski definition) is 2. The maximum atomic E-state index is 13.2. The Balaban J connectivity index is 1.88. The number of carbonyl (C=O) groups excluding carboxylic acids is 1. The van der Waals surface area contributed by atoms with Crippen LogP contribution in [0.25, 0.3) is 0 Å². The Morgan fingerprint density at radius 3 is 2.87 bits per heavy atom. The van der Waals surface area contributed by atoms with Crippen molar-refractivity contribution in [2.45, 2.75) is 38.2 Å². The molecule has 1 saturated heterocycles. The number of carboxylic acid groups (broad SMARTS) is 1. The quantitative estimate of drug-likeness (QED) is 0.842. The molecule has 5 nitrogen and oxygen atoms in total. The smallest absolute Gasteiger partial charge is 0.303 e. The minimum Gasteiger partial charge on any atom is -0.481 e. The van der Waals surface area contributed by atoms with Gasteiger partial charge in [-0.25, -0.2) is 4.39 Å². The zero-order valence-corrected chi connectivity index (χ0v) is 12.9. The Morgan fingerprint density at radius 1 is 1.39 bits per heavy atom. The molecule has 0 unspecified atom stereocenters. The fraction of sp³-hybridized carbons (Fsp3) is 0.529. The average Bonchev–Trinajstić information content (AvgIpc) is 2.53. The third-order valence-corrected chi connectivity index (χ3v) is 4.24. The van der Waals surface area contributed by atoms with Gasteiger partial charge in [0.25, 0.3) is 0 Å². The first-order valence-electron chi connectivity index (χ1n) is 7.89. The van der Waals surface area contributed by atoms with Crippen molar-refractivity contribution in [3.8, 4) is 0 Å². The number of piperidine rings is 1. The Hall–Kier alpha value is -1.95. The van der Waals surface area contributed by atoms with Gasteiger partial charge in [-0.1, -0.05) is 12.1 Å². The van der Waals surface area contributed by atoms with Gasteiger partial charge in [0.15, 0.2) is 0 Å². The number of amides is 1. The molecule has 1 aliphatic heterocycles.